The third-order valence-corrected chi connectivity index (χ3v) is 3.78. The summed E-state index contributed by atoms with van der Waals surface area (Å²) in [5.41, 5.74) is 8.25. The van der Waals surface area contributed by atoms with Crippen molar-refractivity contribution in [2.24, 2.45) is 5.73 Å². The maximum atomic E-state index is 11.4. The number of nitrogens with zero attached hydrogens (tertiary/aromatic N) is 2. The van der Waals surface area contributed by atoms with Gasteiger partial charge in [0.05, 0.1) is 7.11 Å². The molecule has 0 spiro atoms. The minimum absolute atomic E-state index is 0.0908. The van der Waals surface area contributed by atoms with Gasteiger partial charge in [0.2, 0.25) is 5.91 Å². The lowest BCUT2D eigenvalue weighted by molar-refractivity contribution is -0.129. The van der Waals surface area contributed by atoms with Gasteiger partial charge in [-0.05, 0) is 19.1 Å². The van der Waals surface area contributed by atoms with Crippen molar-refractivity contribution in [3.05, 3.63) is 23.8 Å². The fraction of sp³-hybridized carbons (Fsp3) is 0.533. The fourth-order valence-electron chi connectivity index (χ4n) is 2.71. The minimum Gasteiger partial charge on any atom is -0.496 e. The molecule has 1 aromatic carbocycles. The molecule has 1 heterocycles. The number of methoxy groups -OCH3 is 1. The molecule has 110 valence electrons. The van der Waals surface area contributed by atoms with E-state index < -0.39 is 0 Å². The van der Waals surface area contributed by atoms with E-state index in [0.717, 1.165) is 43.2 Å². The molecule has 1 aliphatic rings. The van der Waals surface area contributed by atoms with Crippen molar-refractivity contribution in [1.82, 2.24) is 4.90 Å². The second kappa shape index (κ2) is 6.13. The van der Waals surface area contributed by atoms with Crippen LogP contribution in [0, 0.1) is 0 Å². The average molecular weight is 277 g/mol. The van der Waals surface area contributed by atoms with Gasteiger partial charge < -0.3 is 20.3 Å². The van der Waals surface area contributed by atoms with Gasteiger partial charge in [0.1, 0.15) is 5.75 Å². The van der Waals surface area contributed by atoms with Gasteiger partial charge in [-0.3, -0.25) is 4.79 Å². The van der Waals surface area contributed by atoms with Crippen molar-refractivity contribution in [2.75, 3.05) is 38.2 Å². The summed E-state index contributed by atoms with van der Waals surface area (Å²) < 4.78 is 5.43. The summed E-state index contributed by atoms with van der Waals surface area (Å²) >= 11 is 0. The van der Waals surface area contributed by atoms with Gasteiger partial charge in [0, 0.05) is 50.4 Å². The number of hydrogen-bond acceptors (Lipinski definition) is 4. The van der Waals surface area contributed by atoms with Crippen LogP contribution in [-0.4, -0.2) is 44.1 Å². The van der Waals surface area contributed by atoms with Crippen LogP contribution in [0.2, 0.25) is 0 Å². The number of anilines is 1. The first-order chi connectivity index (χ1) is 9.54. The molecular weight excluding hydrogens is 254 g/mol. The summed E-state index contributed by atoms with van der Waals surface area (Å²) in [5, 5.41) is 0. The first-order valence-electron chi connectivity index (χ1n) is 6.97. The van der Waals surface area contributed by atoms with Gasteiger partial charge in [-0.2, -0.15) is 0 Å². The monoisotopic (exact) mass is 277 g/mol. The number of rotatable bonds is 3. The lowest BCUT2D eigenvalue weighted by atomic mass is 10.0. The average Bonchev–Trinajstić information content (AvgIpc) is 2.46. The first kappa shape index (κ1) is 14.7. The Morgan fingerprint density at radius 3 is 2.45 bits per heavy atom. The predicted molar refractivity (Wildman–Crippen MR) is 80.1 cm³/mol. The van der Waals surface area contributed by atoms with Crippen LogP contribution in [0.25, 0.3) is 0 Å². The summed E-state index contributed by atoms with van der Waals surface area (Å²) in [7, 11) is 1.67. The van der Waals surface area contributed by atoms with E-state index in [9.17, 15) is 4.79 Å². The number of benzene rings is 1. The van der Waals surface area contributed by atoms with Crippen LogP contribution in [0.1, 0.15) is 25.5 Å². The summed E-state index contributed by atoms with van der Waals surface area (Å²) in [6.07, 6.45) is 0. The molecule has 1 fully saturated rings. The van der Waals surface area contributed by atoms with E-state index in [4.69, 9.17) is 10.5 Å². The van der Waals surface area contributed by atoms with Crippen molar-refractivity contribution in [1.29, 1.82) is 0 Å². The number of carbonyl (C=O) groups is 1. The topological polar surface area (TPSA) is 58.8 Å². The zero-order valence-electron chi connectivity index (χ0n) is 12.4. The SMILES string of the molecule is COc1cccc(N2CCN(C(C)=O)CC2)c1[C@@H](C)N. The Hall–Kier alpha value is -1.75. The molecule has 1 atom stereocenters. The van der Waals surface area contributed by atoms with Gasteiger partial charge in [-0.15, -0.1) is 0 Å². The van der Waals surface area contributed by atoms with E-state index >= 15 is 0 Å². The molecule has 1 aromatic rings. The Balaban J connectivity index is 2.23. The zero-order chi connectivity index (χ0) is 14.7. The van der Waals surface area contributed by atoms with Crippen LogP contribution in [0.3, 0.4) is 0 Å². The maximum Gasteiger partial charge on any atom is 0.219 e. The Morgan fingerprint density at radius 1 is 1.30 bits per heavy atom. The number of amides is 1. The van der Waals surface area contributed by atoms with Crippen molar-refractivity contribution in [2.45, 2.75) is 19.9 Å². The van der Waals surface area contributed by atoms with Crippen molar-refractivity contribution >= 4 is 11.6 Å². The summed E-state index contributed by atoms with van der Waals surface area (Å²) in [4.78, 5) is 15.5. The first-order valence-corrected chi connectivity index (χ1v) is 6.97. The number of ether oxygens (including phenoxy) is 1. The molecule has 20 heavy (non-hydrogen) atoms. The fourth-order valence-corrected chi connectivity index (χ4v) is 2.71. The Kier molecular flexibility index (Phi) is 4.49. The van der Waals surface area contributed by atoms with Crippen LogP contribution in [-0.2, 0) is 4.79 Å². The third kappa shape index (κ3) is 2.88. The minimum atomic E-state index is -0.0908. The number of carbonyl (C=O) groups excluding carboxylic acids is 1. The molecule has 1 saturated heterocycles. The smallest absolute Gasteiger partial charge is 0.219 e. The number of hydrogen-bond donors (Lipinski definition) is 1. The molecule has 0 aliphatic carbocycles. The highest BCUT2D eigenvalue weighted by molar-refractivity contribution is 5.73. The summed E-state index contributed by atoms with van der Waals surface area (Å²) in [5.74, 6) is 0.967. The second-order valence-electron chi connectivity index (χ2n) is 5.17. The highest BCUT2D eigenvalue weighted by Crippen LogP contribution is 2.34. The van der Waals surface area contributed by atoms with E-state index in [2.05, 4.69) is 11.0 Å². The Labute approximate surface area is 120 Å². The highest BCUT2D eigenvalue weighted by Gasteiger charge is 2.23. The molecule has 1 aliphatic heterocycles. The normalized spacial score (nSPS) is 17.0. The van der Waals surface area contributed by atoms with Crippen molar-refractivity contribution in [3.63, 3.8) is 0 Å². The molecule has 2 N–H and O–H groups in total. The molecule has 5 nitrogen and oxygen atoms in total. The summed E-state index contributed by atoms with van der Waals surface area (Å²) in [6, 6.07) is 5.91. The van der Waals surface area contributed by atoms with Gasteiger partial charge >= 0.3 is 0 Å². The van der Waals surface area contributed by atoms with E-state index in [1.807, 2.05) is 24.0 Å². The van der Waals surface area contributed by atoms with Crippen LogP contribution >= 0.6 is 0 Å². The van der Waals surface area contributed by atoms with Gasteiger partial charge in [-0.25, -0.2) is 0 Å². The molecule has 5 heteroatoms. The van der Waals surface area contributed by atoms with Gasteiger partial charge in [-0.1, -0.05) is 6.07 Å². The number of nitrogens with two attached hydrogens (primary N) is 1. The van der Waals surface area contributed by atoms with E-state index in [-0.39, 0.29) is 11.9 Å². The quantitative estimate of drug-likeness (QED) is 0.907. The van der Waals surface area contributed by atoms with Crippen molar-refractivity contribution in [3.8, 4) is 5.75 Å². The zero-order valence-corrected chi connectivity index (χ0v) is 12.4. The number of piperazine rings is 1. The van der Waals surface area contributed by atoms with Crippen molar-refractivity contribution < 1.29 is 9.53 Å². The molecule has 1 amide bonds. The standard InChI is InChI=1S/C15H23N3O2/c1-11(16)15-13(5-4-6-14(15)20-3)18-9-7-17(8-10-18)12(2)19/h4-6,11H,7-10,16H2,1-3H3/t11-/m1/s1. The van der Waals surface area contributed by atoms with Crippen LogP contribution in [0.4, 0.5) is 5.69 Å². The molecule has 0 aromatic heterocycles. The van der Waals surface area contributed by atoms with Crippen LogP contribution < -0.4 is 15.4 Å². The molecule has 0 radical (unpaired) electrons. The Morgan fingerprint density at radius 2 is 1.95 bits per heavy atom. The van der Waals surface area contributed by atoms with Crippen LogP contribution in [0.5, 0.6) is 5.75 Å². The predicted octanol–water partition coefficient (Wildman–Crippen LogP) is 1.38. The Bertz CT molecular complexity index is 480. The molecule has 0 bridgehead atoms. The van der Waals surface area contributed by atoms with Crippen LogP contribution in [0.15, 0.2) is 18.2 Å². The molecular formula is C15H23N3O2. The maximum absolute atomic E-state index is 11.4. The van der Waals surface area contributed by atoms with E-state index in [1.54, 1.807) is 14.0 Å². The van der Waals surface area contributed by atoms with Gasteiger partial charge in [0.15, 0.2) is 0 Å². The second-order valence-corrected chi connectivity index (χ2v) is 5.17. The summed E-state index contributed by atoms with van der Waals surface area (Å²) in [6.45, 7) is 6.75. The largest absolute Gasteiger partial charge is 0.496 e. The lowest BCUT2D eigenvalue weighted by Gasteiger charge is -2.37. The van der Waals surface area contributed by atoms with Gasteiger partial charge in [0.25, 0.3) is 0 Å². The highest BCUT2D eigenvalue weighted by atomic mass is 16.5. The molecule has 2 rings (SSSR count). The lowest BCUT2D eigenvalue weighted by Crippen LogP contribution is -2.48. The molecule has 0 saturated carbocycles. The third-order valence-electron chi connectivity index (χ3n) is 3.78. The molecule has 0 unspecified atom stereocenters. The van der Waals surface area contributed by atoms with E-state index in [0.29, 0.717) is 0 Å². The van der Waals surface area contributed by atoms with E-state index in [1.165, 1.54) is 0 Å².